The van der Waals surface area contributed by atoms with Crippen LogP contribution in [0.1, 0.15) is 17.6 Å². The summed E-state index contributed by atoms with van der Waals surface area (Å²) in [7, 11) is 0. The SMILES string of the molecule is C=CC(C(Nc1ccccc1)c1ccc(F)cc1)n1nnc2ccccc21. The van der Waals surface area contributed by atoms with Crippen LogP contribution >= 0.6 is 0 Å². The molecule has 0 aliphatic heterocycles. The predicted octanol–water partition coefficient (Wildman–Crippen LogP) is 5.15. The Bertz CT molecular complexity index is 1040. The number of hydrogen-bond donors (Lipinski definition) is 1. The molecule has 0 spiro atoms. The largest absolute Gasteiger partial charge is 0.376 e. The first-order valence-electron chi connectivity index (χ1n) is 8.76. The zero-order valence-corrected chi connectivity index (χ0v) is 14.7. The molecule has 3 aromatic carbocycles. The number of anilines is 1. The van der Waals surface area contributed by atoms with E-state index in [4.69, 9.17) is 0 Å². The summed E-state index contributed by atoms with van der Waals surface area (Å²) < 4.78 is 15.3. The van der Waals surface area contributed by atoms with Gasteiger partial charge in [0.25, 0.3) is 0 Å². The molecule has 0 radical (unpaired) electrons. The van der Waals surface area contributed by atoms with Crippen molar-refractivity contribution in [3.8, 4) is 0 Å². The Morgan fingerprint density at radius 2 is 1.63 bits per heavy atom. The van der Waals surface area contributed by atoms with Crippen LogP contribution < -0.4 is 5.32 Å². The Morgan fingerprint density at radius 1 is 0.926 bits per heavy atom. The fourth-order valence-electron chi connectivity index (χ4n) is 3.23. The Balaban J connectivity index is 1.80. The first-order chi connectivity index (χ1) is 13.3. The summed E-state index contributed by atoms with van der Waals surface area (Å²) in [6, 6.07) is 23.8. The van der Waals surface area contributed by atoms with E-state index < -0.39 is 0 Å². The lowest BCUT2D eigenvalue weighted by Gasteiger charge is -2.27. The quantitative estimate of drug-likeness (QED) is 0.485. The van der Waals surface area contributed by atoms with Gasteiger partial charge in [-0.05, 0) is 42.0 Å². The van der Waals surface area contributed by atoms with Crippen LogP contribution in [0.2, 0.25) is 0 Å². The van der Waals surface area contributed by atoms with Gasteiger partial charge in [-0.15, -0.1) is 11.7 Å². The van der Waals surface area contributed by atoms with Crippen LogP contribution in [0.5, 0.6) is 0 Å². The number of rotatable bonds is 6. The summed E-state index contributed by atoms with van der Waals surface area (Å²) in [5.74, 6) is -0.265. The van der Waals surface area contributed by atoms with E-state index in [9.17, 15) is 4.39 Å². The van der Waals surface area contributed by atoms with E-state index >= 15 is 0 Å². The predicted molar refractivity (Wildman–Crippen MR) is 106 cm³/mol. The molecule has 4 nitrogen and oxygen atoms in total. The van der Waals surface area contributed by atoms with Crippen LogP contribution in [0.15, 0.2) is 91.5 Å². The van der Waals surface area contributed by atoms with Gasteiger partial charge >= 0.3 is 0 Å². The highest BCUT2D eigenvalue weighted by molar-refractivity contribution is 5.74. The Hall–Kier alpha value is -3.47. The molecule has 4 aromatic rings. The third-order valence-corrected chi connectivity index (χ3v) is 4.57. The van der Waals surface area contributed by atoms with Gasteiger partial charge in [0, 0.05) is 5.69 Å². The minimum Gasteiger partial charge on any atom is -0.376 e. The van der Waals surface area contributed by atoms with Gasteiger partial charge in [-0.1, -0.05) is 53.8 Å². The maximum absolute atomic E-state index is 13.5. The average Bonchev–Trinajstić information content (AvgIpc) is 3.13. The highest BCUT2D eigenvalue weighted by Gasteiger charge is 2.25. The van der Waals surface area contributed by atoms with Gasteiger partial charge in [-0.25, -0.2) is 9.07 Å². The summed E-state index contributed by atoms with van der Waals surface area (Å²) in [6.07, 6.45) is 1.84. The van der Waals surface area contributed by atoms with Crippen LogP contribution in [0, 0.1) is 5.82 Å². The van der Waals surface area contributed by atoms with Gasteiger partial charge < -0.3 is 5.32 Å². The van der Waals surface area contributed by atoms with Crippen molar-refractivity contribution in [1.82, 2.24) is 15.0 Å². The molecule has 5 heteroatoms. The van der Waals surface area contributed by atoms with Crippen molar-refractivity contribution in [3.05, 3.63) is 103 Å². The van der Waals surface area contributed by atoms with E-state index in [1.807, 2.05) is 65.4 Å². The van der Waals surface area contributed by atoms with E-state index in [2.05, 4.69) is 22.2 Å². The van der Waals surface area contributed by atoms with Crippen molar-refractivity contribution in [2.75, 3.05) is 5.32 Å². The summed E-state index contributed by atoms with van der Waals surface area (Å²) in [5.41, 5.74) is 3.64. The molecule has 0 bridgehead atoms. The molecule has 0 saturated carbocycles. The highest BCUT2D eigenvalue weighted by atomic mass is 19.1. The third kappa shape index (κ3) is 3.44. The van der Waals surface area contributed by atoms with Gasteiger partial charge in [0.15, 0.2) is 0 Å². The number of para-hydroxylation sites is 2. The molecule has 0 fully saturated rings. The van der Waals surface area contributed by atoms with Crippen molar-refractivity contribution in [3.63, 3.8) is 0 Å². The van der Waals surface area contributed by atoms with Gasteiger partial charge in [0.05, 0.1) is 17.6 Å². The minimum atomic E-state index is -0.265. The summed E-state index contributed by atoms with van der Waals surface area (Å²) in [6.45, 7) is 4.03. The molecular weight excluding hydrogens is 339 g/mol. The molecule has 1 heterocycles. The van der Waals surface area contributed by atoms with Crippen molar-refractivity contribution < 1.29 is 4.39 Å². The van der Waals surface area contributed by atoms with Crippen molar-refractivity contribution in [1.29, 1.82) is 0 Å². The summed E-state index contributed by atoms with van der Waals surface area (Å²) in [4.78, 5) is 0. The van der Waals surface area contributed by atoms with Crippen LogP contribution in [0.4, 0.5) is 10.1 Å². The van der Waals surface area contributed by atoms with Gasteiger partial charge in [0.1, 0.15) is 11.3 Å². The second-order valence-electron chi connectivity index (χ2n) is 6.29. The van der Waals surface area contributed by atoms with E-state index in [1.165, 1.54) is 12.1 Å². The molecular formula is C22H19FN4. The molecule has 0 aliphatic carbocycles. The molecule has 0 amide bonds. The van der Waals surface area contributed by atoms with E-state index in [0.717, 1.165) is 22.3 Å². The van der Waals surface area contributed by atoms with Gasteiger partial charge in [-0.2, -0.15) is 0 Å². The number of halogens is 1. The number of aromatic nitrogens is 3. The zero-order valence-electron chi connectivity index (χ0n) is 14.7. The number of nitrogens with one attached hydrogen (secondary N) is 1. The van der Waals surface area contributed by atoms with Crippen LogP contribution in [-0.4, -0.2) is 15.0 Å². The molecule has 27 heavy (non-hydrogen) atoms. The van der Waals surface area contributed by atoms with Crippen molar-refractivity contribution in [2.45, 2.75) is 12.1 Å². The first-order valence-corrected chi connectivity index (χ1v) is 8.76. The molecule has 2 atom stereocenters. The van der Waals surface area contributed by atoms with Crippen molar-refractivity contribution in [2.24, 2.45) is 0 Å². The molecule has 134 valence electrons. The fourth-order valence-corrected chi connectivity index (χ4v) is 3.23. The van der Waals surface area contributed by atoms with E-state index in [-0.39, 0.29) is 17.9 Å². The third-order valence-electron chi connectivity index (χ3n) is 4.57. The standard InChI is InChI=1S/C22H19FN4/c1-2-20(27-21-11-7-6-10-19(21)25-26-27)22(16-12-14-17(23)15-13-16)24-18-8-4-3-5-9-18/h2-15,20,22,24H,1H2. The lowest BCUT2D eigenvalue weighted by molar-refractivity contribution is 0.477. The fraction of sp³-hybridized carbons (Fsp3) is 0.0909. The zero-order chi connectivity index (χ0) is 18.6. The number of nitrogens with zero attached hydrogens (tertiary/aromatic N) is 3. The molecule has 2 unspecified atom stereocenters. The Kier molecular flexibility index (Phi) is 4.66. The highest BCUT2D eigenvalue weighted by Crippen LogP contribution is 2.32. The van der Waals surface area contributed by atoms with Crippen LogP contribution in [0.3, 0.4) is 0 Å². The van der Waals surface area contributed by atoms with Gasteiger partial charge in [-0.3, -0.25) is 0 Å². The molecule has 0 aliphatic rings. The maximum atomic E-state index is 13.5. The van der Waals surface area contributed by atoms with Crippen molar-refractivity contribution >= 4 is 16.7 Å². The lowest BCUT2D eigenvalue weighted by atomic mass is 9.98. The normalized spacial score (nSPS) is 13.2. The summed E-state index contributed by atoms with van der Waals surface area (Å²) in [5, 5.41) is 12.2. The van der Waals surface area contributed by atoms with E-state index in [0.29, 0.717) is 0 Å². The average molecular weight is 358 g/mol. The van der Waals surface area contributed by atoms with Crippen LogP contribution in [-0.2, 0) is 0 Å². The van der Waals surface area contributed by atoms with E-state index in [1.54, 1.807) is 12.1 Å². The Labute approximate surface area is 157 Å². The second-order valence-corrected chi connectivity index (χ2v) is 6.29. The maximum Gasteiger partial charge on any atom is 0.123 e. The molecule has 1 aromatic heterocycles. The number of benzene rings is 3. The second kappa shape index (κ2) is 7.41. The number of hydrogen-bond acceptors (Lipinski definition) is 3. The molecule has 0 saturated heterocycles. The van der Waals surface area contributed by atoms with Gasteiger partial charge in [0.2, 0.25) is 0 Å². The van der Waals surface area contributed by atoms with Crippen LogP contribution in [0.25, 0.3) is 11.0 Å². The summed E-state index contributed by atoms with van der Waals surface area (Å²) >= 11 is 0. The smallest absolute Gasteiger partial charge is 0.123 e. The Morgan fingerprint density at radius 3 is 2.37 bits per heavy atom. The minimum absolute atomic E-state index is 0.199. The lowest BCUT2D eigenvalue weighted by Crippen LogP contribution is -2.24. The topological polar surface area (TPSA) is 42.7 Å². The molecule has 4 rings (SSSR count). The first kappa shape index (κ1) is 17.0. The number of fused-ring (bicyclic) bond motifs is 1. The monoisotopic (exact) mass is 358 g/mol. The molecule has 1 N–H and O–H groups in total.